The lowest BCUT2D eigenvalue weighted by Crippen LogP contribution is -2.38. The minimum atomic E-state index is -0.840. The van der Waals surface area contributed by atoms with E-state index >= 15 is 0 Å². The van der Waals surface area contributed by atoms with E-state index in [-0.39, 0.29) is 72.1 Å². The molecule has 0 radical (unpaired) electrons. The zero-order chi connectivity index (χ0) is 30.6. The highest BCUT2D eigenvalue weighted by Gasteiger charge is 2.43. The number of allylic oxidation sites excluding steroid dienone is 1. The smallest absolute Gasteiger partial charge is 0.351 e. The van der Waals surface area contributed by atoms with Crippen molar-refractivity contribution >= 4 is 11.8 Å². The van der Waals surface area contributed by atoms with Crippen molar-refractivity contribution in [3.05, 3.63) is 47.5 Å². The quantitative estimate of drug-likeness (QED) is 0.179. The Morgan fingerprint density at radius 1 is 1.10 bits per heavy atom. The molecule has 3 heterocycles. The summed E-state index contributed by atoms with van der Waals surface area (Å²) in [6.07, 6.45) is 14.3. The minimum absolute atomic E-state index is 0.0331. The first-order chi connectivity index (χ1) is 20.0. The fourth-order valence-corrected chi connectivity index (χ4v) is 7.47. The number of aliphatic hydroxyl groups excluding tert-OH is 2. The number of hydrogen-bond acceptors (Lipinski definition) is 8. The maximum absolute atomic E-state index is 13.4. The first kappa shape index (κ1) is 32.6. The highest BCUT2D eigenvalue weighted by molar-refractivity contribution is 6.20. The molecule has 0 aromatic heterocycles. The Labute approximate surface area is 250 Å². The van der Waals surface area contributed by atoms with Gasteiger partial charge in [-0.1, -0.05) is 58.4 Å². The first-order valence-corrected chi connectivity index (χ1v) is 15.8. The van der Waals surface area contributed by atoms with Gasteiger partial charge in [0.25, 0.3) is 0 Å². The van der Waals surface area contributed by atoms with Crippen molar-refractivity contribution in [1.29, 1.82) is 0 Å². The third-order valence-electron chi connectivity index (χ3n) is 10.0. The van der Waals surface area contributed by atoms with Crippen LogP contribution in [0.5, 0.6) is 0 Å². The number of esters is 1. The molecule has 42 heavy (non-hydrogen) atoms. The largest absolute Gasteiger partial charge is 0.504 e. The molecule has 4 rings (SSSR count). The molecule has 0 amide bonds. The molecule has 3 fully saturated rings. The molecule has 1 aliphatic carbocycles. The van der Waals surface area contributed by atoms with Crippen LogP contribution in [0.15, 0.2) is 47.5 Å². The van der Waals surface area contributed by atoms with Crippen LogP contribution in [0, 0.1) is 29.6 Å². The van der Waals surface area contributed by atoms with Gasteiger partial charge in [-0.25, -0.2) is 4.79 Å². The Morgan fingerprint density at radius 3 is 2.52 bits per heavy atom. The molecule has 8 nitrogen and oxygen atoms in total. The monoisotopic (exact) mass is 586 g/mol. The summed E-state index contributed by atoms with van der Waals surface area (Å²) in [5.41, 5.74) is 0.552. The zero-order valence-corrected chi connectivity index (χ0v) is 25.9. The van der Waals surface area contributed by atoms with E-state index in [0.717, 1.165) is 56.9 Å². The summed E-state index contributed by atoms with van der Waals surface area (Å²) in [5.74, 6) is -1.95. The summed E-state index contributed by atoms with van der Waals surface area (Å²) in [6.45, 7) is 11.6. The van der Waals surface area contributed by atoms with Gasteiger partial charge in [0.05, 0.1) is 37.1 Å². The fourth-order valence-electron chi connectivity index (χ4n) is 7.47. The van der Waals surface area contributed by atoms with E-state index < -0.39 is 23.4 Å². The second kappa shape index (κ2) is 14.5. The Morgan fingerprint density at radius 2 is 1.86 bits per heavy atom. The number of ether oxygens (including phenoxy) is 4. The molecule has 0 bridgehead atoms. The molecule has 234 valence electrons. The molecule has 0 aromatic carbocycles. The average molecular weight is 587 g/mol. The van der Waals surface area contributed by atoms with Gasteiger partial charge in [-0.15, -0.1) is 0 Å². The topological polar surface area (TPSA) is 112 Å². The maximum atomic E-state index is 13.4. The molecular formula is C34H50O8. The van der Waals surface area contributed by atoms with Crippen molar-refractivity contribution < 1.29 is 38.7 Å². The lowest BCUT2D eigenvalue weighted by Gasteiger charge is -2.40. The van der Waals surface area contributed by atoms with Crippen LogP contribution in [-0.2, 0) is 28.5 Å². The van der Waals surface area contributed by atoms with Crippen molar-refractivity contribution in [3.8, 4) is 0 Å². The van der Waals surface area contributed by atoms with Crippen molar-refractivity contribution in [2.75, 3.05) is 13.7 Å². The predicted molar refractivity (Wildman–Crippen MR) is 159 cm³/mol. The van der Waals surface area contributed by atoms with Crippen LogP contribution >= 0.6 is 0 Å². The number of rotatable bonds is 11. The van der Waals surface area contributed by atoms with Crippen molar-refractivity contribution in [3.63, 3.8) is 0 Å². The van der Waals surface area contributed by atoms with Gasteiger partial charge in [-0.3, -0.25) is 4.79 Å². The van der Waals surface area contributed by atoms with Crippen LogP contribution < -0.4 is 0 Å². The van der Waals surface area contributed by atoms with Gasteiger partial charge in [0.2, 0.25) is 0 Å². The number of cyclic esters (lactones) is 1. The summed E-state index contributed by atoms with van der Waals surface area (Å²) in [7, 11) is 1.72. The van der Waals surface area contributed by atoms with E-state index in [9.17, 15) is 19.8 Å². The van der Waals surface area contributed by atoms with E-state index in [1.165, 1.54) is 0 Å². The number of ketones is 1. The van der Waals surface area contributed by atoms with Crippen molar-refractivity contribution in [2.24, 2.45) is 29.6 Å². The van der Waals surface area contributed by atoms with Crippen LogP contribution in [0.2, 0.25) is 0 Å². The summed E-state index contributed by atoms with van der Waals surface area (Å²) >= 11 is 0. The number of carbonyl (C=O) groups excluding carboxylic acids is 2. The van der Waals surface area contributed by atoms with E-state index in [0.29, 0.717) is 0 Å². The average Bonchev–Trinajstić information content (AvgIpc) is 3.54. The molecule has 1 saturated carbocycles. The number of hydrogen-bond donors (Lipinski definition) is 2. The Kier molecular flexibility index (Phi) is 11.3. The highest BCUT2D eigenvalue weighted by Crippen LogP contribution is 2.43. The summed E-state index contributed by atoms with van der Waals surface area (Å²) in [4.78, 5) is 25.7. The highest BCUT2D eigenvalue weighted by atomic mass is 16.6. The van der Waals surface area contributed by atoms with E-state index in [2.05, 4.69) is 38.7 Å². The van der Waals surface area contributed by atoms with Crippen LogP contribution in [0.4, 0.5) is 0 Å². The Balaban J connectivity index is 1.44. The Hall–Kier alpha value is -2.26. The normalized spacial score (nSPS) is 36.0. The van der Waals surface area contributed by atoms with Crippen LogP contribution in [0.1, 0.15) is 79.1 Å². The molecule has 3 aliphatic heterocycles. The molecule has 2 unspecified atom stereocenters. The second-order valence-corrected chi connectivity index (χ2v) is 12.9. The number of aliphatic hydroxyl groups is 2. The van der Waals surface area contributed by atoms with Gasteiger partial charge in [0.1, 0.15) is 5.57 Å². The molecule has 10 atom stereocenters. The summed E-state index contributed by atoms with van der Waals surface area (Å²) < 4.78 is 23.1. The molecule has 2 saturated heterocycles. The molecule has 0 aromatic rings. The Bertz CT molecular complexity index is 1090. The lowest BCUT2D eigenvalue weighted by atomic mass is 9.65. The molecule has 8 heteroatoms. The number of methoxy groups -OCH3 is 1. The van der Waals surface area contributed by atoms with Crippen LogP contribution in [0.25, 0.3) is 0 Å². The number of Topliss-reactive ketones (excluding diaryl/α,β-unsaturated/α-hetero) is 1. The van der Waals surface area contributed by atoms with Gasteiger partial charge in [0, 0.05) is 13.0 Å². The van der Waals surface area contributed by atoms with Gasteiger partial charge >= 0.3 is 5.97 Å². The fraction of sp³-hybridized carbons (Fsp3) is 0.706. The van der Waals surface area contributed by atoms with Gasteiger partial charge in [-0.05, 0) is 74.7 Å². The standard InChI is InChI=1S/C34H50O8/c1-19-9-7-10-24(29(19)21(3)31(36)30-32(37)23(5)40-34(30)38)17-25(18-35)33-20(2)13-14-27(42-33)12-8-11-26-15-16-28(41-26)22(4)39-6/h8,12,17,19-22,24,26-29,33,35,37H,5,7,9-11,13-16,18H2,1-4,6H3/b12-8+,25-17+/t19-,20-,21+,22+,24-,26+,27-,28-,29?,33?/m0/s1. The predicted octanol–water partition coefficient (Wildman–Crippen LogP) is 5.76. The zero-order valence-electron chi connectivity index (χ0n) is 25.9. The van der Waals surface area contributed by atoms with Gasteiger partial charge in [0.15, 0.2) is 17.3 Å². The van der Waals surface area contributed by atoms with E-state index in [1.807, 2.05) is 13.8 Å². The molecule has 2 N–H and O–H groups in total. The second-order valence-electron chi connectivity index (χ2n) is 12.9. The van der Waals surface area contributed by atoms with Gasteiger partial charge in [-0.2, -0.15) is 0 Å². The first-order valence-electron chi connectivity index (χ1n) is 15.8. The van der Waals surface area contributed by atoms with Gasteiger partial charge < -0.3 is 29.2 Å². The number of carbonyl (C=O) groups is 2. The van der Waals surface area contributed by atoms with E-state index in [4.69, 9.17) is 18.9 Å². The maximum Gasteiger partial charge on any atom is 0.351 e. The van der Waals surface area contributed by atoms with Crippen molar-refractivity contribution in [2.45, 2.75) is 110 Å². The van der Waals surface area contributed by atoms with Crippen LogP contribution in [-0.4, -0.2) is 66.2 Å². The minimum Gasteiger partial charge on any atom is -0.504 e. The summed E-state index contributed by atoms with van der Waals surface area (Å²) in [6, 6.07) is 0. The molecule has 0 spiro atoms. The third kappa shape index (κ3) is 7.26. The van der Waals surface area contributed by atoms with E-state index in [1.54, 1.807) is 7.11 Å². The SMILES string of the molecule is C=C1OC(=O)C(C(=O)[C@H](C)C2[C@H](/C=C(\CO)C3O[C@@H](/C=C/C[C@@H]4CC[C@@H]([C@@H](C)OC)O4)CC[C@@H]3C)CCC[C@@H]2C)=C1O. The van der Waals surface area contributed by atoms with Crippen molar-refractivity contribution in [1.82, 2.24) is 0 Å². The lowest BCUT2D eigenvalue weighted by molar-refractivity contribution is -0.136. The molecule has 4 aliphatic rings. The third-order valence-corrected chi connectivity index (χ3v) is 10.0. The summed E-state index contributed by atoms with van der Waals surface area (Å²) in [5, 5.41) is 20.8. The molecular weight excluding hydrogens is 536 g/mol. The van der Waals surface area contributed by atoms with Crippen LogP contribution in [0.3, 0.4) is 0 Å².